The molecule has 7 heteroatoms. The van der Waals surface area contributed by atoms with Gasteiger partial charge in [0.1, 0.15) is 5.82 Å². The molecule has 1 saturated heterocycles. The Morgan fingerprint density at radius 2 is 1.61 bits per heavy atom. The average molecular weight is 445 g/mol. The van der Waals surface area contributed by atoms with E-state index in [0.29, 0.717) is 18.7 Å². The molecule has 0 spiro atoms. The zero-order valence-corrected chi connectivity index (χ0v) is 19.2. The van der Waals surface area contributed by atoms with Crippen molar-refractivity contribution in [2.24, 2.45) is 0 Å². The lowest BCUT2D eigenvalue weighted by molar-refractivity contribution is 0.0938. The van der Waals surface area contributed by atoms with Gasteiger partial charge in [0, 0.05) is 56.9 Å². The monoisotopic (exact) mass is 444 g/mol. The van der Waals surface area contributed by atoms with Crippen molar-refractivity contribution in [3.8, 4) is 11.3 Å². The minimum absolute atomic E-state index is 0.0414. The number of nitrogens with zero attached hydrogens (tertiary/aromatic N) is 4. The van der Waals surface area contributed by atoms with E-state index >= 15 is 0 Å². The summed E-state index contributed by atoms with van der Waals surface area (Å²) >= 11 is 0. The maximum atomic E-state index is 12.5. The van der Waals surface area contributed by atoms with Gasteiger partial charge in [0.15, 0.2) is 0 Å². The van der Waals surface area contributed by atoms with Crippen molar-refractivity contribution >= 4 is 11.7 Å². The maximum Gasteiger partial charge on any atom is 0.251 e. The molecule has 1 fully saturated rings. The summed E-state index contributed by atoms with van der Waals surface area (Å²) in [7, 11) is 0. The molecule has 1 amide bonds. The molecule has 0 aliphatic carbocycles. The molecule has 172 valence electrons. The molecular weight excluding hydrogens is 412 g/mol. The molecule has 0 radical (unpaired) electrons. The molecule has 7 nitrogen and oxygen atoms in total. The van der Waals surface area contributed by atoms with Crippen molar-refractivity contribution in [1.29, 1.82) is 0 Å². The van der Waals surface area contributed by atoms with Crippen LogP contribution in [0.2, 0.25) is 0 Å². The predicted molar refractivity (Wildman–Crippen MR) is 132 cm³/mol. The van der Waals surface area contributed by atoms with Gasteiger partial charge in [-0.15, -0.1) is 10.2 Å². The van der Waals surface area contributed by atoms with Crippen LogP contribution in [0.15, 0.2) is 66.7 Å². The van der Waals surface area contributed by atoms with E-state index in [4.69, 9.17) is 0 Å². The van der Waals surface area contributed by atoms with Crippen LogP contribution in [-0.4, -0.2) is 71.7 Å². The summed E-state index contributed by atoms with van der Waals surface area (Å²) in [5.74, 6) is 0.690. The van der Waals surface area contributed by atoms with E-state index in [1.165, 1.54) is 5.56 Å². The zero-order chi connectivity index (χ0) is 22.9. The van der Waals surface area contributed by atoms with Gasteiger partial charge in [-0.2, -0.15) is 0 Å². The van der Waals surface area contributed by atoms with Crippen molar-refractivity contribution in [2.45, 2.75) is 13.5 Å². The second kappa shape index (κ2) is 11.5. The highest BCUT2D eigenvalue weighted by Gasteiger charge is 2.15. The lowest BCUT2D eigenvalue weighted by Crippen LogP contribution is -2.48. The Hall–Kier alpha value is -3.29. The lowest BCUT2D eigenvalue weighted by Gasteiger charge is -2.33. The fraction of sp³-hybridized carbons (Fsp3) is 0.346. The Morgan fingerprint density at radius 1 is 0.879 bits per heavy atom. The van der Waals surface area contributed by atoms with Crippen molar-refractivity contribution in [3.63, 3.8) is 0 Å². The fourth-order valence-electron chi connectivity index (χ4n) is 3.92. The first-order valence-corrected chi connectivity index (χ1v) is 11.7. The van der Waals surface area contributed by atoms with Gasteiger partial charge in [-0.05, 0) is 36.4 Å². The molecular formula is C26H32N6O. The van der Waals surface area contributed by atoms with Gasteiger partial charge in [-0.25, -0.2) is 0 Å². The molecule has 0 saturated carbocycles. The van der Waals surface area contributed by atoms with Crippen LogP contribution in [0.25, 0.3) is 11.3 Å². The van der Waals surface area contributed by atoms with Crippen LogP contribution in [-0.2, 0) is 6.54 Å². The minimum Gasteiger partial charge on any atom is -0.365 e. The van der Waals surface area contributed by atoms with E-state index in [1.807, 2.05) is 54.6 Å². The third-order valence-corrected chi connectivity index (χ3v) is 6.05. The first kappa shape index (κ1) is 22.9. The Balaban J connectivity index is 1.24. The van der Waals surface area contributed by atoms with Gasteiger partial charge in [-0.1, -0.05) is 49.4 Å². The third kappa shape index (κ3) is 6.60. The molecule has 2 heterocycles. The van der Waals surface area contributed by atoms with E-state index < -0.39 is 0 Å². The summed E-state index contributed by atoms with van der Waals surface area (Å²) in [6.07, 6.45) is 0. The van der Waals surface area contributed by atoms with E-state index in [9.17, 15) is 4.79 Å². The lowest BCUT2D eigenvalue weighted by atomic mass is 10.1. The molecule has 0 unspecified atom stereocenters. The first-order valence-electron chi connectivity index (χ1n) is 11.7. The molecule has 1 aliphatic heterocycles. The van der Waals surface area contributed by atoms with Crippen LogP contribution >= 0.6 is 0 Å². The van der Waals surface area contributed by atoms with E-state index in [2.05, 4.69) is 49.7 Å². The zero-order valence-electron chi connectivity index (χ0n) is 19.2. The quantitative estimate of drug-likeness (QED) is 0.528. The SMILES string of the molecule is CCN1CCN(CCNC(=O)c2ccc(-c3ccc(NCc4ccccc4)nn3)cc2)CC1. The summed E-state index contributed by atoms with van der Waals surface area (Å²) in [5, 5.41) is 14.9. The van der Waals surface area contributed by atoms with Crippen LogP contribution in [0.1, 0.15) is 22.8 Å². The third-order valence-electron chi connectivity index (χ3n) is 6.05. The van der Waals surface area contributed by atoms with Crippen molar-refractivity contribution in [1.82, 2.24) is 25.3 Å². The van der Waals surface area contributed by atoms with E-state index in [1.54, 1.807) is 0 Å². The molecule has 0 bridgehead atoms. The van der Waals surface area contributed by atoms with Crippen molar-refractivity contribution in [2.75, 3.05) is 51.1 Å². The minimum atomic E-state index is -0.0414. The number of amides is 1. The first-order chi connectivity index (χ1) is 16.2. The summed E-state index contributed by atoms with van der Waals surface area (Å²) < 4.78 is 0. The van der Waals surface area contributed by atoms with E-state index in [0.717, 1.165) is 56.3 Å². The Morgan fingerprint density at radius 3 is 2.27 bits per heavy atom. The molecule has 2 N–H and O–H groups in total. The molecule has 2 aromatic carbocycles. The average Bonchev–Trinajstić information content (AvgIpc) is 2.89. The fourth-order valence-corrected chi connectivity index (χ4v) is 3.92. The summed E-state index contributed by atoms with van der Waals surface area (Å²) in [4.78, 5) is 17.4. The van der Waals surface area contributed by atoms with Gasteiger partial charge in [0.25, 0.3) is 5.91 Å². The number of likely N-dealkylation sites (N-methyl/N-ethyl adjacent to an activating group) is 1. The van der Waals surface area contributed by atoms with Crippen LogP contribution in [0.3, 0.4) is 0 Å². The smallest absolute Gasteiger partial charge is 0.251 e. The summed E-state index contributed by atoms with van der Waals surface area (Å²) in [6, 6.07) is 21.6. The predicted octanol–water partition coefficient (Wildman–Crippen LogP) is 3.12. The second-order valence-electron chi connectivity index (χ2n) is 8.25. The number of anilines is 1. The summed E-state index contributed by atoms with van der Waals surface area (Å²) in [5.41, 5.74) is 3.56. The van der Waals surface area contributed by atoms with Gasteiger partial charge in [0.05, 0.1) is 5.69 Å². The van der Waals surface area contributed by atoms with Crippen LogP contribution in [0.5, 0.6) is 0 Å². The molecule has 0 atom stereocenters. The molecule has 3 aromatic rings. The second-order valence-corrected chi connectivity index (χ2v) is 8.25. The Labute approximate surface area is 195 Å². The molecule has 1 aromatic heterocycles. The maximum absolute atomic E-state index is 12.5. The number of carbonyl (C=O) groups is 1. The van der Waals surface area contributed by atoms with Gasteiger partial charge >= 0.3 is 0 Å². The topological polar surface area (TPSA) is 73.4 Å². The number of hydrogen-bond acceptors (Lipinski definition) is 6. The molecule has 33 heavy (non-hydrogen) atoms. The van der Waals surface area contributed by atoms with Crippen LogP contribution in [0, 0.1) is 0 Å². The molecule has 4 rings (SSSR count). The number of hydrogen-bond donors (Lipinski definition) is 2. The van der Waals surface area contributed by atoms with E-state index in [-0.39, 0.29) is 5.91 Å². The largest absolute Gasteiger partial charge is 0.365 e. The Kier molecular flexibility index (Phi) is 8.00. The number of carbonyl (C=O) groups excluding carboxylic acids is 1. The highest BCUT2D eigenvalue weighted by atomic mass is 16.1. The number of piperazine rings is 1. The number of benzene rings is 2. The van der Waals surface area contributed by atoms with Gasteiger partial charge < -0.3 is 15.5 Å². The summed E-state index contributed by atoms with van der Waals surface area (Å²) in [6.45, 7) is 9.93. The van der Waals surface area contributed by atoms with Gasteiger partial charge in [0.2, 0.25) is 0 Å². The number of nitrogens with one attached hydrogen (secondary N) is 2. The van der Waals surface area contributed by atoms with Crippen molar-refractivity contribution in [3.05, 3.63) is 77.9 Å². The number of aromatic nitrogens is 2. The van der Waals surface area contributed by atoms with Crippen molar-refractivity contribution < 1.29 is 4.79 Å². The molecule has 1 aliphatic rings. The highest BCUT2D eigenvalue weighted by molar-refractivity contribution is 5.94. The normalized spacial score (nSPS) is 14.7. The Bertz CT molecular complexity index is 999. The van der Waals surface area contributed by atoms with Crippen LogP contribution < -0.4 is 10.6 Å². The number of rotatable bonds is 9. The van der Waals surface area contributed by atoms with Gasteiger partial charge in [-0.3, -0.25) is 9.69 Å². The van der Waals surface area contributed by atoms with Crippen LogP contribution in [0.4, 0.5) is 5.82 Å². The standard InChI is InChI=1S/C26H32N6O/c1-2-31-16-18-32(19-17-31)15-14-27-26(33)23-10-8-22(9-11-23)24-12-13-25(30-29-24)28-20-21-6-4-3-5-7-21/h3-13H,2,14-20H2,1H3,(H,27,33)(H,28,30). The highest BCUT2D eigenvalue weighted by Crippen LogP contribution is 2.18.